The Morgan fingerprint density at radius 1 is 0.906 bits per heavy atom. The van der Waals surface area contributed by atoms with E-state index in [0.717, 1.165) is 42.7 Å². The molecule has 0 spiro atoms. The van der Waals surface area contributed by atoms with Crippen LogP contribution in [-0.2, 0) is 4.74 Å². The summed E-state index contributed by atoms with van der Waals surface area (Å²) in [4.78, 5) is 12.2. The van der Waals surface area contributed by atoms with Crippen molar-refractivity contribution in [2.75, 3.05) is 6.61 Å². The van der Waals surface area contributed by atoms with E-state index in [1.807, 2.05) is 18.2 Å². The normalized spacial score (nSPS) is 18.5. The van der Waals surface area contributed by atoms with Crippen molar-refractivity contribution in [1.82, 2.24) is 0 Å². The van der Waals surface area contributed by atoms with E-state index < -0.39 is 0 Å². The number of esters is 1. The number of carbonyl (C=O) groups is 1. The molecule has 2 nitrogen and oxygen atoms in total. The predicted molar refractivity (Wildman–Crippen MR) is 130 cm³/mol. The van der Waals surface area contributed by atoms with E-state index in [-0.39, 0.29) is 11.8 Å². The zero-order chi connectivity index (χ0) is 22.8. The largest absolute Gasteiger partial charge is 0.462 e. The second-order valence-electron chi connectivity index (χ2n) is 9.37. The highest BCUT2D eigenvalue weighted by Gasteiger charge is 2.23. The van der Waals surface area contributed by atoms with Gasteiger partial charge in [-0.15, -0.1) is 0 Å². The van der Waals surface area contributed by atoms with Gasteiger partial charge < -0.3 is 4.74 Å². The fraction of sp³-hybridized carbons (Fsp3) is 0.552. The zero-order valence-corrected chi connectivity index (χ0v) is 19.9. The number of benzene rings is 2. The van der Waals surface area contributed by atoms with Gasteiger partial charge >= 0.3 is 5.97 Å². The number of hydrogen-bond acceptors (Lipinski definition) is 2. The van der Waals surface area contributed by atoms with Crippen LogP contribution < -0.4 is 0 Å². The van der Waals surface area contributed by atoms with Gasteiger partial charge in [0.1, 0.15) is 5.82 Å². The second kappa shape index (κ2) is 12.8. The average Bonchev–Trinajstić information content (AvgIpc) is 2.83. The molecule has 174 valence electrons. The Morgan fingerprint density at radius 2 is 1.62 bits per heavy atom. The van der Waals surface area contributed by atoms with Crippen molar-refractivity contribution in [3.05, 3.63) is 59.4 Å². The van der Waals surface area contributed by atoms with Crippen LogP contribution in [0.4, 0.5) is 4.39 Å². The lowest BCUT2D eigenvalue weighted by atomic mass is 9.77. The Morgan fingerprint density at radius 3 is 2.28 bits per heavy atom. The highest BCUT2D eigenvalue weighted by atomic mass is 19.1. The van der Waals surface area contributed by atoms with Crippen LogP contribution in [0.5, 0.6) is 0 Å². The smallest absolute Gasteiger partial charge is 0.338 e. The molecule has 0 radical (unpaired) electrons. The Hall–Kier alpha value is -2.16. The summed E-state index contributed by atoms with van der Waals surface area (Å²) < 4.78 is 20.3. The van der Waals surface area contributed by atoms with Crippen LogP contribution in [-0.4, -0.2) is 12.6 Å². The van der Waals surface area contributed by atoms with Crippen molar-refractivity contribution in [1.29, 1.82) is 0 Å². The summed E-state index contributed by atoms with van der Waals surface area (Å²) in [6, 6.07) is 12.8. The minimum absolute atomic E-state index is 0.179. The molecule has 0 atom stereocenters. The lowest BCUT2D eigenvalue weighted by molar-refractivity contribution is 0.0498. The Kier molecular flexibility index (Phi) is 9.77. The second-order valence-corrected chi connectivity index (χ2v) is 9.37. The molecule has 1 aliphatic carbocycles. The minimum atomic E-state index is -0.307. The third-order valence-corrected chi connectivity index (χ3v) is 6.94. The SMILES string of the molecule is CCCCCCOC(=O)c1ccc(-c2ccc(C3CCC(CCCC)CC3)cc2F)cc1. The molecule has 1 saturated carbocycles. The molecule has 1 fully saturated rings. The van der Waals surface area contributed by atoms with Gasteiger partial charge in [-0.05, 0) is 73.3 Å². The van der Waals surface area contributed by atoms with Gasteiger partial charge in [-0.25, -0.2) is 9.18 Å². The standard InChI is InChI=1S/C29H39FO2/c1-3-5-7-8-20-32-29(31)25-16-14-24(15-17-25)27-19-18-26(21-28(27)30)23-12-10-22(11-13-23)9-6-4-2/h14-19,21-23H,3-13,20H2,1-2H3. The highest BCUT2D eigenvalue weighted by molar-refractivity contribution is 5.90. The molecule has 0 aromatic heterocycles. The summed E-state index contributed by atoms with van der Waals surface area (Å²) in [5, 5.41) is 0. The van der Waals surface area contributed by atoms with Gasteiger partial charge in [0.15, 0.2) is 0 Å². The third-order valence-electron chi connectivity index (χ3n) is 6.94. The number of unbranched alkanes of at least 4 members (excludes halogenated alkanes) is 4. The van der Waals surface area contributed by atoms with E-state index in [1.165, 1.54) is 44.9 Å². The van der Waals surface area contributed by atoms with Crippen molar-refractivity contribution >= 4 is 5.97 Å². The topological polar surface area (TPSA) is 26.3 Å². The molecule has 32 heavy (non-hydrogen) atoms. The van der Waals surface area contributed by atoms with Gasteiger partial charge in [0, 0.05) is 5.56 Å². The van der Waals surface area contributed by atoms with Gasteiger partial charge in [-0.1, -0.05) is 76.6 Å². The minimum Gasteiger partial charge on any atom is -0.462 e. The van der Waals surface area contributed by atoms with Crippen molar-refractivity contribution in [2.45, 2.75) is 90.4 Å². The summed E-state index contributed by atoms with van der Waals surface area (Å²) in [7, 11) is 0. The molecule has 3 heteroatoms. The molecule has 0 saturated heterocycles. The van der Waals surface area contributed by atoms with E-state index in [4.69, 9.17) is 4.74 Å². The summed E-state index contributed by atoms with van der Waals surface area (Å²) in [6.45, 7) is 4.87. The fourth-order valence-corrected chi connectivity index (χ4v) is 4.86. The Balaban J connectivity index is 1.56. The van der Waals surface area contributed by atoms with Crippen LogP contribution in [0.1, 0.15) is 106 Å². The van der Waals surface area contributed by atoms with Crippen LogP contribution in [0, 0.1) is 11.7 Å². The number of ether oxygens (including phenoxy) is 1. The summed E-state index contributed by atoms with van der Waals surface area (Å²) in [5.41, 5.74) is 3.02. The van der Waals surface area contributed by atoms with E-state index >= 15 is 0 Å². The first-order chi connectivity index (χ1) is 15.6. The quantitative estimate of drug-likeness (QED) is 0.259. The molecule has 1 aliphatic rings. The first-order valence-electron chi connectivity index (χ1n) is 12.7. The molecule has 0 unspecified atom stereocenters. The number of hydrogen-bond donors (Lipinski definition) is 0. The number of carbonyl (C=O) groups excluding carboxylic acids is 1. The molecule has 0 bridgehead atoms. The van der Waals surface area contributed by atoms with Crippen molar-refractivity contribution in [3.8, 4) is 11.1 Å². The third kappa shape index (κ3) is 6.92. The number of halogens is 1. The van der Waals surface area contributed by atoms with Crippen molar-refractivity contribution in [2.24, 2.45) is 5.92 Å². The van der Waals surface area contributed by atoms with Gasteiger partial charge in [-0.3, -0.25) is 0 Å². The lowest BCUT2D eigenvalue weighted by Crippen LogP contribution is -2.13. The summed E-state index contributed by atoms with van der Waals surface area (Å²) in [6.07, 6.45) is 13.1. The molecule has 3 rings (SSSR count). The van der Waals surface area contributed by atoms with Crippen LogP contribution in [0.15, 0.2) is 42.5 Å². The first kappa shape index (κ1) is 24.5. The Labute approximate surface area is 193 Å². The van der Waals surface area contributed by atoms with E-state index in [2.05, 4.69) is 19.9 Å². The molecule has 2 aromatic rings. The van der Waals surface area contributed by atoms with E-state index in [0.29, 0.717) is 23.7 Å². The van der Waals surface area contributed by atoms with Crippen molar-refractivity contribution in [3.63, 3.8) is 0 Å². The van der Waals surface area contributed by atoms with Gasteiger partial charge in [-0.2, -0.15) is 0 Å². The van der Waals surface area contributed by atoms with Gasteiger partial charge in [0.05, 0.1) is 12.2 Å². The molecular formula is C29H39FO2. The zero-order valence-electron chi connectivity index (χ0n) is 19.9. The average molecular weight is 439 g/mol. The maximum atomic E-state index is 15.0. The first-order valence-corrected chi connectivity index (χ1v) is 12.7. The monoisotopic (exact) mass is 438 g/mol. The van der Waals surface area contributed by atoms with Gasteiger partial charge in [0.2, 0.25) is 0 Å². The van der Waals surface area contributed by atoms with E-state index in [9.17, 15) is 9.18 Å². The molecule has 0 heterocycles. The Bertz CT molecular complexity index is 835. The summed E-state index contributed by atoms with van der Waals surface area (Å²) >= 11 is 0. The van der Waals surface area contributed by atoms with Crippen LogP contribution >= 0.6 is 0 Å². The lowest BCUT2D eigenvalue weighted by Gasteiger charge is -2.29. The van der Waals surface area contributed by atoms with E-state index in [1.54, 1.807) is 18.2 Å². The number of rotatable bonds is 11. The summed E-state index contributed by atoms with van der Waals surface area (Å²) in [5.74, 6) is 0.850. The molecule has 2 aromatic carbocycles. The van der Waals surface area contributed by atoms with Crippen LogP contribution in [0.25, 0.3) is 11.1 Å². The predicted octanol–water partition coefficient (Wildman–Crippen LogP) is 8.69. The maximum absolute atomic E-state index is 15.0. The fourth-order valence-electron chi connectivity index (χ4n) is 4.86. The van der Waals surface area contributed by atoms with Crippen molar-refractivity contribution < 1.29 is 13.9 Å². The highest BCUT2D eigenvalue weighted by Crippen LogP contribution is 2.38. The maximum Gasteiger partial charge on any atom is 0.338 e. The molecule has 0 N–H and O–H groups in total. The molecule has 0 amide bonds. The molecule has 0 aliphatic heterocycles. The molecular weight excluding hydrogens is 399 g/mol. The van der Waals surface area contributed by atoms with Gasteiger partial charge in [0.25, 0.3) is 0 Å². The van der Waals surface area contributed by atoms with Crippen LogP contribution in [0.3, 0.4) is 0 Å². The van der Waals surface area contributed by atoms with Crippen LogP contribution in [0.2, 0.25) is 0 Å².